The van der Waals surface area contributed by atoms with Crippen molar-refractivity contribution in [3.05, 3.63) is 218 Å². The molecule has 10 rings (SSSR count). The second kappa shape index (κ2) is 15.4. The van der Waals surface area contributed by atoms with Crippen LogP contribution in [0.1, 0.15) is 0 Å². The van der Waals surface area contributed by atoms with Crippen molar-refractivity contribution < 1.29 is 0 Å². The number of aromatic nitrogens is 4. The third-order valence-corrected chi connectivity index (χ3v) is 10.5. The number of para-hydroxylation sites is 1. The molecule has 0 aliphatic carbocycles. The van der Waals surface area contributed by atoms with Crippen LogP contribution in [0.25, 0.3) is 101 Å². The molecule has 0 radical (unpaired) electrons. The number of hydrogen-bond donors (Lipinski definition) is 0. The molecule has 0 aliphatic heterocycles. The van der Waals surface area contributed by atoms with Gasteiger partial charge in [-0.2, -0.15) is 0 Å². The molecule has 58 heavy (non-hydrogen) atoms. The molecule has 0 atom stereocenters. The van der Waals surface area contributed by atoms with Gasteiger partial charge in [-0.1, -0.05) is 188 Å². The van der Waals surface area contributed by atoms with Crippen LogP contribution in [0.3, 0.4) is 0 Å². The van der Waals surface area contributed by atoms with Crippen LogP contribution in [0.2, 0.25) is 0 Å². The first-order valence-electron chi connectivity index (χ1n) is 19.5. The fraction of sp³-hybridized carbons (Fsp3) is 0. The first-order valence-corrected chi connectivity index (χ1v) is 19.5. The Bertz CT molecular complexity index is 2890. The van der Waals surface area contributed by atoms with E-state index in [0.29, 0.717) is 11.6 Å². The topological polar surface area (TPSA) is 51.6 Å². The molecule has 0 saturated heterocycles. The van der Waals surface area contributed by atoms with E-state index < -0.39 is 0 Å². The maximum absolute atomic E-state index is 5.29. The summed E-state index contributed by atoms with van der Waals surface area (Å²) in [6.07, 6.45) is 0. The normalized spacial score (nSPS) is 11.1. The second-order valence-electron chi connectivity index (χ2n) is 14.3. The third-order valence-electron chi connectivity index (χ3n) is 10.5. The van der Waals surface area contributed by atoms with E-state index in [1.54, 1.807) is 0 Å². The molecule has 0 aliphatic rings. The molecule has 8 aromatic carbocycles. The average Bonchev–Trinajstić information content (AvgIpc) is 3.32. The molecule has 0 amide bonds. The Morgan fingerprint density at radius 2 is 0.586 bits per heavy atom. The molecular weight excluding hydrogens is 705 g/mol. The van der Waals surface area contributed by atoms with Gasteiger partial charge in [-0.3, -0.25) is 0 Å². The highest BCUT2D eigenvalue weighted by atomic mass is 14.9. The number of fused-ring (bicyclic) bond motifs is 1. The Hall–Kier alpha value is -7.82. The van der Waals surface area contributed by atoms with Crippen molar-refractivity contribution >= 4 is 10.9 Å². The lowest BCUT2D eigenvalue weighted by Crippen LogP contribution is -1.96. The summed E-state index contributed by atoms with van der Waals surface area (Å²) in [6, 6.07) is 75.8. The standard InChI is InChI=1S/C54H36N4/c1-5-15-37(16-6-1)45-33-46(38-17-7-2-8-18-38)35-47(34-45)52-48-23-13-14-24-49(48)55-54(58-52)44-31-27-40(28-32-44)39-25-29-42(30-26-39)51-36-50(41-19-9-3-10-20-41)56-53(57-51)43-21-11-4-12-22-43/h1-36H. The zero-order valence-corrected chi connectivity index (χ0v) is 31.6. The number of rotatable bonds is 8. The van der Waals surface area contributed by atoms with Crippen LogP contribution in [-0.4, -0.2) is 19.9 Å². The molecule has 2 aromatic heterocycles. The van der Waals surface area contributed by atoms with E-state index in [2.05, 4.69) is 176 Å². The zero-order chi connectivity index (χ0) is 38.7. The second-order valence-corrected chi connectivity index (χ2v) is 14.3. The molecular formula is C54H36N4. The van der Waals surface area contributed by atoms with E-state index in [-0.39, 0.29) is 0 Å². The maximum Gasteiger partial charge on any atom is 0.160 e. The summed E-state index contributed by atoms with van der Waals surface area (Å²) >= 11 is 0. The number of hydrogen-bond acceptors (Lipinski definition) is 4. The predicted molar refractivity (Wildman–Crippen MR) is 239 cm³/mol. The Labute approximate surface area is 337 Å². The molecule has 0 unspecified atom stereocenters. The Kier molecular flexibility index (Phi) is 9.18. The minimum absolute atomic E-state index is 0.689. The van der Waals surface area contributed by atoms with Crippen LogP contribution in [0.5, 0.6) is 0 Å². The molecule has 272 valence electrons. The van der Waals surface area contributed by atoms with Crippen molar-refractivity contribution in [2.45, 2.75) is 0 Å². The van der Waals surface area contributed by atoms with Gasteiger partial charge >= 0.3 is 0 Å². The number of benzene rings is 8. The molecule has 10 aromatic rings. The quantitative estimate of drug-likeness (QED) is 0.156. The Morgan fingerprint density at radius 3 is 1.14 bits per heavy atom. The van der Waals surface area contributed by atoms with Gasteiger partial charge in [0.1, 0.15) is 0 Å². The molecule has 4 nitrogen and oxygen atoms in total. The third kappa shape index (κ3) is 7.07. The van der Waals surface area contributed by atoms with Crippen molar-refractivity contribution in [2.75, 3.05) is 0 Å². The molecule has 0 spiro atoms. The van der Waals surface area contributed by atoms with Crippen LogP contribution in [0.4, 0.5) is 0 Å². The van der Waals surface area contributed by atoms with E-state index >= 15 is 0 Å². The van der Waals surface area contributed by atoms with E-state index in [0.717, 1.165) is 89.2 Å². The van der Waals surface area contributed by atoms with Gasteiger partial charge in [-0.25, -0.2) is 19.9 Å². The Balaban J connectivity index is 0.995. The van der Waals surface area contributed by atoms with Gasteiger partial charge in [0.25, 0.3) is 0 Å². The van der Waals surface area contributed by atoms with E-state index in [1.165, 1.54) is 0 Å². The largest absolute Gasteiger partial charge is 0.228 e. The van der Waals surface area contributed by atoms with Gasteiger partial charge in [0.15, 0.2) is 11.6 Å². The summed E-state index contributed by atoms with van der Waals surface area (Å²) in [5, 5.41) is 1.02. The summed E-state index contributed by atoms with van der Waals surface area (Å²) in [6.45, 7) is 0. The highest BCUT2D eigenvalue weighted by Crippen LogP contribution is 2.36. The van der Waals surface area contributed by atoms with Gasteiger partial charge in [-0.05, 0) is 63.7 Å². The molecule has 0 saturated carbocycles. The van der Waals surface area contributed by atoms with Gasteiger partial charge in [0.05, 0.1) is 22.6 Å². The first-order chi connectivity index (χ1) is 28.7. The highest BCUT2D eigenvalue weighted by molar-refractivity contribution is 5.95. The molecule has 0 N–H and O–H groups in total. The fourth-order valence-electron chi connectivity index (χ4n) is 7.50. The fourth-order valence-corrected chi connectivity index (χ4v) is 7.50. The van der Waals surface area contributed by atoms with Gasteiger partial charge < -0.3 is 0 Å². The van der Waals surface area contributed by atoms with Crippen molar-refractivity contribution in [1.82, 2.24) is 19.9 Å². The van der Waals surface area contributed by atoms with Crippen LogP contribution < -0.4 is 0 Å². The summed E-state index contributed by atoms with van der Waals surface area (Å²) < 4.78 is 0. The lowest BCUT2D eigenvalue weighted by atomic mass is 9.94. The zero-order valence-electron chi connectivity index (χ0n) is 31.6. The van der Waals surface area contributed by atoms with E-state index in [9.17, 15) is 0 Å². The van der Waals surface area contributed by atoms with E-state index in [1.807, 2.05) is 42.5 Å². The summed E-state index contributed by atoms with van der Waals surface area (Å²) in [4.78, 5) is 20.3. The van der Waals surface area contributed by atoms with Gasteiger partial charge in [0, 0.05) is 33.2 Å². The van der Waals surface area contributed by atoms with Gasteiger partial charge in [-0.15, -0.1) is 0 Å². The molecule has 0 bridgehead atoms. The maximum atomic E-state index is 5.29. The first kappa shape index (κ1) is 34.7. The number of nitrogens with zero attached hydrogens (tertiary/aromatic N) is 4. The summed E-state index contributed by atoms with van der Waals surface area (Å²) in [5.74, 6) is 1.39. The SMILES string of the molecule is c1ccc(-c2cc(-c3ccccc3)cc(-c3nc(-c4ccc(-c5ccc(-c6cc(-c7ccccc7)nc(-c7ccccc7)n6)cc5)cc4)nc4ccccc34)c2)cc1. The lowest BCUT2D eigenvalue weighted by Gasteiger charge is -2.14. The van der Waals surface area contributed by atoms with Crippen molar-refractivity contribution in [3.63, 3.8) is 0 Å². The van der Waals surface area contributed by atoms with Crippen LogP contribution in [-0.2, 0) is 0 Å². The van der Waals surface area contributed by atoms with Crippen LogP contribution in [0.15, 0.2) is 218 Å². The molecule has 0 fully saturated rings. The molecule has 4 heteroatoms. The van der Waals surface area contributed by atoms with E-state index in [4.69, 9.17) is 19.9 Å². The van der Waals surface area contributed by atoms with Crippen molar-refractivity contribution in [2.24, 2.45) is 0 Å². The summed E-state index contributed by atoms with van der Waals surface area (Å²) in [5.41, 5.74) is 15.5. The van der Waals surface area contributed by atoms with Crippen LogP contribution >= 0.6 is 0 Å². The molecule has 2 heterocycles. The summed E-state index contributed by atoms with van der Waals surface area (Å²) in [7, 11) is 0. The minimum atomic E-state index is 0.689. The highest BCUT2D eigenvalue weighted by Gasteiger charge is 2.15. The Morgan fingerprint density at radius 1 is 0.224 bits per heavy atom. The lowest BCUT2D eigenvalue weighted by molar-refractivity contribution is 1.18. The van der Waals surface area contributed by atoms with Crippen LogP contribution in [0, 0.1) is 0 Å². The predicted octanol–water partition coefficient (Wildman–Crippen LogP) is 13.8. The minimum Gasteiger partial charge on any atom is -0.228 e. The monoisotopic (exact) mass is 740 g/mol. The smallest absolute Gasteiger partial charge is 0.160 e. The van der Waals surface area contributed by atoms with Crippen molar-refractivity contribution in [3.8, 4) is 89.9 Å². The van der Waals surface area contributed by atoms with Gasteiger partial charge in [0.2, 0.25) is 0 Å². The average molecular weight is 741 g/mol. The van der Waals surface area contributed by atoms with Crippen molar-refractivity contribution in [1.29, 1.82) is 0 Å².